The number of para-hydroxylation sites is 1. The highest BCUT2D eigenvalue weighted by Gasteiger charge is 2.39. The van der Waals surface area contributed by atoms with Crippen molar-refractivity contribution < 1.29 is 22.7 Å². The molecular weight excluding hydrogens is 341 g/mol. The Labute approximate surface area is 150 Å². The summed E-state index contributed by atoms with van der Waals surface area (Å²) in [5, 5.41) is 0. The predicted octanol–water partition coefficient (Wildman–Crippen LogP) is 4.36. The Kier molecular flexibility index (Phi) is 6.47. The van der Waals surface area contributed by atoms with Gasteiger partial charge in [-0.1, -0.05) is 48.2 Å². The number of ether oxygens (including phenoxy) is 1. The lowest BCUT2D eigenvalue weighted by atomic mass is 9.93. The van der Waals surface area contributed by atoms with Crippen LogP contribution in [-0.2, 0) is 4.79 Å². The van der Waals surface area contributed by atoms with E-state index in [2.05, 4.69) is 23.7 Å². The van der Waals surface area contributed by atoms with Gasteiger partial charge in [-0.25, -0.2) is 0 Å². The van der Waals surface area contributed by atoms with Gasteiger partial charge in [-0.2, -0.15) is 13.2 Å². The van der Waals surface area contributed by atoms with Gasteiger partial charge >= 0.3 is 6.18 Å². The number of halogens is 3. The molecule has 2 aromatic carbocycles. The lowest BCUT2D eigenvalue weighted by molar-refractivity contribution is -0.171. The van der Waals surface area contributed by atoms with Gasteiger partial charge in [0.05, 0.1) is 13.0 Å². The summed E-state index contributed by atoms with van der Waals surface area (Å²) in [5.74, 6) is 8.19. The number of alkyl halides is 3. The molecule has 0 unspecified atom stereocenters. The number of benzene rings is 2. The summed E-state index contributed by atoms with van der Waals surface area (Å²) >= 11 is 0. The van der Waals surface area contributed by atoms with E-state index < -0.39 is 24.3 Å². The third kappa shape index (κ3) is 5.43. The van der Waals surface area contributed by atoms with Crippen LogP contribution in [0.15, 0.2) is 54.6 Å². The van der Waals surface area contributed by atoms with Crippen LogP contribution >= 0.6 is 0 Å². The highest BCUT2D eigenvalue weighted by Crippen LogP contribution is 2.31. The molecule has 0 aliphatic rings. The van der Waals surface area contributed by atoms with E-state index in [4.69, 9.17) is 4.74 Å². The van der Waals surface area contributed by atoms with E-state index in [1.165, 1.54) is 7.11 Å². The predicted molar refractivity (Wildman–Crippen MR) is 92.5 cm³/mol. The first-order valence-corrected chi connectivity index (χ1v) is 7.71. The summed E-state index contributed by atoms with van der Waals surface area (Å²) in [6.45, 7) is 0. The summed E-state index contributed by atoms with van der Waals surface area (Å²) in [4.78, 5) is 11.4. The minimum Gasteiger partial charge on any atom is -0.496 e. The van der Waals surface area contributed by atoms with Crippen molar-refractivity contribution in [2.24, 2.45) is 0 Å². The number of Topliss-reactive ketones (excluding diaryl/α,β-unsaturated/α-hetero) is 1. The maximum Gasteiger partial charge on any atom is 0.450 e. The van der Waals surface area contributed by atoms with Gasteiger partial charge in [0.2, 0.25) is 5.78 Å². The smallest absolute Gasteiger partial charge is 0.450 e. The quantitative estimate of drug-likeness (QED) is 0.761. The third-order valence-electron chi connectivity index (χ3n) is 3.51. The number of rotatable bonds is 4. The van der Waals surface area contributed by atoms with Gasteiger partial charge in [-0.3, -0.25) is 4.79 Å². The maximum atomic E-state index is 12.7. The first kappa shape index (κ1) is 19.1. The maximum absolute atomic E-state index is 12.7. The van der Waals surface area contributed by atoms with Crippen LogP contribution in [0.25, 0.3) is 0 Å². The Morgan fingerprint density at radius 2 is 1.69 bits per heavy atom. The SMILES string of the molecule is COc1ccccc1[C@H](C#CC#Cc1ccccc1)CC(=O)C(F)(F)F. The number of hydrogen-bond donors (Lipinski definition) is 0. The van der Waals surface area contributed by atoms with Crippen molar-refractivity contribution in [1.82, 2.24) is 0 Å². The molecule has 0 fully saturated rings. The number of ketones is 1. The first-order valence-electron chi connectivity index (χ1n) is 7.71. The molecule has 26 heavy (non-hydrogen) atoms. The Morgan fingerprint density at radius 1 is 1.04 bits per heavy atom. The summed E-state index contributed by atoms with van der Waals surface area (Å²) < 4.78 is 43.2. The third-order valence-corrected chi connectivity index (χ3v) is 3.51. The molecule has 0 amide bonds. The second-order valence-corrected chi connectivity index (χ2v) is 5.30. The van der Waals surface area contributed by atoms with E-state index >= 15 is 0 Å². The second-order valence-electron chi connectivity index (χ2n) is 5.30. The van der Waals surface area contributed by atoms with E-state index in [1.54, 1.807) is 36.4 Å². The van der Waals surface area contributed by atoms with Crippen molar-refractivity contribution >= 4 is 5.78 Å². The van der Waals surface area contributed by atoms with Crippen LogP contribution < -0.4 is 4.74 Å². The molecule has 0 aliphatic carbocycles. The van der Waals surface area contributed by atoms with E-state index in [9.17, 15) is 18.0 Å². The molecule has 0 bridgehead atoms. The standard InChI is InChI=1S/C21H15F3O2/c1-26-19-14-8-7-13-18(19)17(15-20(25)21(22,23)24)12-6-5-11-16-9-3-2-4-10-16/h2-4,7-10,13-14,17H,15H2,1H3/t17-/m1/s1. The van der Waals surface area contributed by atoms with Crippen molar-refractivity contribution in [3.63, 3.8) is 0 Å². The van der Waals surface area contributed by atoms with Gasteiger partial charge in [-0.15, -0.1) is 0 Å². The van der Waals surface area contributed by atoms with Crippen molar-refractivity contribution in [3.8, 4) is 29.4 Å². The van der Waals surface area contributed by atoms with Gasteiger partial charge in [0.15, 0.2) is 0 Å². The summed E-state index contributed by atoms with van der Waals surface area (Å²) in [5.41, 5.74) is 1.16. The molecule has 1 atom stereocenters. The van der Waals surface area contributed by atoms with E-state index in [0.717, 1.165) is 5.56 Å². The largest absolute Gasteiger partial charge is 0.496 e. The summed E-state index contributed by atoms with van der Waals surface area (Å²) in [6, 6.07) is 15.6. The van der Waals surface area contributed by atoms with Crippen molar-refractivity contribution in [2.75, 3.05) is 7.11 Å². The van der Waals surface area contributed by atoms with Gasteiger partial charge in [0.1, 0.15) is 5.75 Å². The molecule has 0 heterocycles. The van der Waals surface area contributed by atoms with Crippen LogP contribution in [-0.4, -0.2) is 19.1 Å². The molecule has 0 aromatic heterocycles. The molecular formula is C21H15F3O2. The zero-order valence-corrected chi connectivity index (χ0v) is 13.9. The topological polar surface area (TPSA) is 26.3 Å². The molecule has 2 nitrogen and oxygen atoms in total. The normalized spacial score (nSPS) is 11.4. The Hall–Kier alpha value is -3.18. The van der Waals surface area contributed by atoms with Gasteiger partial charge in [0, 0.05) is 17.5 Å². The van der Waals surface area contributed by atoms with Gasteiger partial charge in [-0.05, 0) is 30.0 Å². The molecule has 0 N–H and O–H groups in total. The summed E-state index contributed by atoms with van der Waals surface area (Å²) in [6.07, 6.45) is -5.69. The lowest BCUT2D eigenvalue weighted by Crippen LogP contribution is -2.24. The highest BCUT2D eigenvalue weighted by molar-refractivity contribution is 5.85. The number of carbonyl (C=O) groups excluding carboxylic acids is 1. The fourth-order valence-corrected chi connectivity index (χ4v) is 2.24. The first-order chi connectivity index (χ1) is 12.4. The van der Waals surface area contributed by atoms with Crippen LogP contribution in [0.4, 0.5) is 13.2 Å². The van der Waals surface area contributed by atoms with Crippen molar-refractivity contribution in [3.05, 3.63) is 65.7 Å². The molecule has 2 aromatic rings. The van der Waals surface area contributed by atoms with Crippen molar-refractivity contribution in [2.45, 2.75) is 18.5 Å². The van der Waals surface area contributed by atoms with Crippen LogP contribution in [0.2, 0.25) is 0 Å². The van der Waals surface area contributed by atoms with Gasteiger partial charge in [0.25, 0.3) is 0 Å². The second kappa shape index (κ2) is 8.78. The molecule has 0 aliphatic heterocycles. The Morgan fingerprint density at radius 3 is 2.35 bits per heavy atom. The zero-order chi connectivity index (χ0) is 19.0. The number of methoxy groups -OCH3 is 1. The van der Waals surface area contributed by atoms with Crippen LogP contribution in [0.3, 0.4) is 0 Å². The Bertz CT molecular complexity index is 878. The fraction of sp³-hybridized carbons (Fsp3) is 0.190. The van der Waals surface area contributed by atoms with Crippen molar-refractivity contribution in [1.29, 1.82) is 0 Å². The molecule has 0 radical (unpaired) electrons. The van der Waals surface area contributed by atoms with E-state index in [-0.39, 0.29) is 0 Å². The number of carbonyl (C=O) groups is 1. The fourth-order valence-electron chi connectivity index (χ4n) is 2.24. The minimum absolute atomic E-state index is 0.373. The van der Waals surface area contributed by atoms with Crippen LogP contribution in [0.5, 0.6) is 5.75 Å². The Balaban J connectivity index is 2.31. The van der Waals surface area contributed by atoms with E-state index in [0.29, 0.717) is 11.3 Å². The molecule has 2 rings (SSSR count). The molecule has 5 heteroatoms. The van der Waals surface area contributed by atoms with E-state index in [1.807, 2.05) is 18.2 Å². The average Bonchev–Trinajstić information content (AvgIpc) is 2.64. The number of hydrogen-bond acceptors (Lipinski definition) is 2. The zero-order valence-electron chi connectivity index (χ0n) is 13.9. The average molecular weight is 356 g/mol. The van der Waals surface area contributed by atoms with Crippen LogP contribution in [0.1, 0.15) is 23.5 Å². The van der Waals surface area contributed by atoms with Gasteiger partial charge < -0.3 is 4.74 Å². The van der Waals surface area contributed by atoms with Crippen LogP contribution in [0, 0.1) is 23.7 Å². The molecule has 132 valence electrons. The monoisotopic (exact) mass is 356 g/mol. The summed E-state index contributed by atoms with van der Waals surface area (Å²) in [7, 11) is 1.41. The highest BCUT2D eigenvalue weighted by atomic mass is 19.4. The molecule has 0 saturated heterocycles. The molecule has 0 saturated carbocycles. The molecule has 0 spiro atoms. The lowest BCUT2D eigenvalue weighted by Gasteiger charge is -2.15. The minimum atomic E-state index is -4.91.